The molecule has 21 heavy (non-hydrogen) atoms. The van der Waals surface area contributed by atoms with E-state index >= 15 is 0 Å². The van der Waals surface area contributed by atoms with Gasteiger partial charge in [-0.3, -0.25) is 4.79 Å². The van der Waals surface area contributed by atoms with E-state index < -0.39 is 0 Å². The number of amides is 1. The summed E-state index contributed by atoms with van der Waals surface area (Å²) in [6, 6.07) is 9.57. The highest BCUT2D eigenvalue weighted by Gasteiger charge is 2.10. The zero-order valence-electron chi connectivity index (χ0n) is 11.7. The lowest BCUT2D eigenvalue weighted by atomic mass is 10.1. The molecule has 2 rings (SSSR count). The van der Waals surface area contributed by atoms with E-state index in [0.29, 0.717) is 23.4 Å². The normalized spacial score (nSPS) is 10.2. The molecule has 0 bridgehead atoms. The van der Waals surface area contributed by atoms with Gasteiger partial charge in [0.2, 0.25) is 0 Å². The number of pyridine rings is 1. The number of carbonyl (C=O) groups is 1. The molecule has 0 aliphatic heterocycles. The van der Waals surface area contributed by atoms with Gasteiger partial charge in [-0.1, -0.05) is 25.1 Å². The number of aromatic nitrogens is 1. The molecule has 6 heteroatoms. The van der Waals surface area contributed by atoms with Crippen LogP contribution in [0.5, 0.6) is 0 Å². The van der Waals surface area contributed by atoms with Crippen molar-refractivity contribution in [3.63, 3.8) is 0 Å². The van der Waals surface area contributed by atoms with E-state index in [4.69, 9.17) is 5.84 Å². The molecule has 0 saturated heterocycles. The van der Waals surface area contributed by atoms with Gasteiger partial charge in [-0.2, -0.15) is 0 Å². The number of nitrogens with zero attached hydrogens (tertiary/aromatic N) is 1. The number of halogens is 1. The smallest absolute Gasteiger partial charge is 0.251 e. The summed E-state index contributed by atoms with van der Waals surface area (Å²) in [6.07, 6.45) is 0.684. The Balaban J connectivity index is 2.11. The lowest BCUT2D eigenvalue weighted by Gasteiger charge is -2.09. The van der Waals surface area contributed by atoms with Gasteiger partial charge in [-0.15, -0.1) is 0 Å². The van der Waals surface area contributed by atoms with Gasteiger partial charge in [0.25, 0.3) is 5.91 Å². The Bertz CT molecular complexity index is 623. The van der Waals surface area contributed by atoms with Gasteiger partial charge >= 0.3 is 0 Å². The highest BCUT2D eigenvalue weighted by Crippen LogP contribution is 2.11. The average molecular weight is 288 g/mol. The van der Waals surface area contributed by atoms with Crippen LogP contribution in [0.1, 0.15) is 28.5 Å². The fourth-order valence-electron chi connectivity index (χ4n) is 1.89. The van der Waals surface area contributed by atoms with Crippen LogP contribution in [-0.2, 0) is 13.0 Å². The van der Waals surface area contributed by atoms with E-state index in [9.17, 15) is 9.18 Å². The zero-order chi connectivity index (χ0) is 15.2. The number of nitrogens with one attached hydrogen (secondary N) is 2. The van der Waals surface area contributed by atoms with Gasteiger partial charge < -0.3 is 10.7 Å². The monoisotopic (exact) mass is 288 g/mol. The van der Waals surface area contributed by atoms with Gasteiger partial charge in [0.05, 0.1) is 0 Å². The molecular weight excluding hydrogens is 271 g/mol. The molecule has 1 heterocycles. The van der Waals surface area contributed by atoms with E-state index in [-0.39, 0.29) is 18.3 Å². The van der Waals surface area contributed by atoms with E-state index in [1.54, 1.807) is 30.3 Å². The Labute approximate surface area is 122 Å². The van der Waals surface area contributed by atoms with Crippen LogP contribution in [0.4, 0.5) is 10.2 Å². The first kappa shape index (κ1) is 14.9. The van der Waals surface area contributed by atoms with Crippen LogP contribution in [0.2, 0.25) is 0 Å². The molecule has 0 radical (unpaired) electrons. The molecule has 1 aromatic carbocycles. The van der Waals surface area contributed by atoms with Crippen LogP contribution in [0.15, 0.2) is 36.4 Å². The number of nitrogen functional groups attached to an aromatic ring is 1. The van der Waals surface area contributed by atoms with Crippen molar-refractivity contribution < 1.29 is 9.18 Å². The Hall–Kier alpha value is -2.47. The van der Waals surface area contributed by atoms with E-state index in [1.165, 1.54) is 6.07 Å². The van der Waals surface area contributed by atoms with Crippen molar-refractivity contribution >= 4 is 11.7 Å². The minimum atomic E-state index is -0.342. The van der Waals surface area contributed by atoms with Crippen LogP contribution >= 0.6 is 0 Å². The quantitative estimate of drug-likeness (QED) is 0.580. The largest absolute Gasteiger partial charge is 0.348 e. The maximum Gasteiger partial charge on any atom is 0.251 e. The third kappa shape index (κ3) is 3.76. The predicted octanol–water partition coefficient (Wildman–Crippen LogP) is 2.00. The van der Waals surface area contributed by atoms with E-state index in [0.717, 1.165) is 5.69 Å². The lowest BCUT2D eigenvalue weighted by molar-refractivity contribution is 0.0950. The molecule has 0 spiro atoms. The highest BCUT2D eigenvalue weighted by molar-refractivity contribution is 5.94. The van der Waals surface area contributed by atoms with Crippen molar-refractivity contribution in [1.82, 2.24) is 10.3 Å². The second kappa shape index (κ2) is 6.81. The standard InChI is InChI=1S/C15H17FN4O/c1-2-12-7-11(8-14(19-12)20-17)15(21)18-9-10-5-3-4-6-13(10)16/h3-8H,2,9,17H2,1H3,(H,18,21)(H,19,20). The summed E-state index contributed by atoms with van der Waals surface area (Å²) in [5.74, 6) is 5.11. The third-order valence-corrected chi connectivity index (χ3v) is 3.05. The molecule has 0 fully saturated rings. The first-order chi connectivity index (χ1) is 10.1. The van der Waals surface area contributed by atoms with E-state index in [1.807, 2.05) is 6.92 Å². The molecular formula is C15H17FN4O. The van der Waals surface area contributed by atoms with Gasteiger partial charge in [-0.25, -0.2) is 15.2 Å². The Kier molecular flexibility index (Phi) is 4.84. The Morgan fingerprint density at radius 1 is 1.33 bits per heavy atom. The number of hydrazine groups is 1. The second-order valence-corrected chi connectivity index (χ2v) is 4.50. The van der Waals surface area contributed by atoms with Gasteiger partial charge in [0, 0.05) is 23.4 Å². The van der Waals surface area contributed by atoms with Crippen LogP contribution in [0.3, 0.4) is 0 Å². The third-order valence-electron chi connectivity index (χ3n) is 3.05. The first-order valence-electron chi connectivity index (χ1n) is 6.63. The fourth-order valence-corrected chi connectivity index (χ4v) is 1.89. The maximum atomic E-state index is 13.5. The van der Waals surface area contributed by atoms with E-state index in [2.05, 4.69) is 15.7 Å². The van der Waals surface area contributed by atoms with Crippen molar-refractivity contribution in [2.45, 2.75) is 19.9 Å². The molecule has 0 aliphatic carbocycles. The van der Waals surface area contributed by atoms with Crippen LogP contribution in [0.25, 0.3) is 0 Å². The number of carbonyl (C=O) groups excluding carboxylic acids is 1. The molecule has 1 aromatic heterocycles. The van der Waals surface area contributed by atoms with Crippen LogP contribution in [0, 0.1) is 5.82 Å². The summed E-state index contributed by atoms with van der Waals surface area (Å²) < 4.78 is 13.5. The number of rotatable bonds is 5. The number of nitrogens with two attached hydrogens (primary N) is 1. The van der Waals surface area contributed by atoms with Gasteiger partial charge in [-0.05, 0) is 24.6 Å². The second-order valence-electron chi connectivity index (χ2n) is 4.50. The van der Waals surface area contributed by atoms with Gasteiger partial charge in [0.15, 0.2) is 0 Å². The number of hydrogen-bond acceptors (Lipinski definition) is 4. The SMILES string of the molecule is CCc1cc(C(=O)NCc2ccccc2F)cc(NN)n1. The van der Waals surface area contributed by atoms with Crippen molar-refractivity contribution in [2.24, 2.45) is 5.84 Å². The molecule has 2 aromatic rings. The summed E-state index contributed by atoms with van der Waals surface area (Å²) in [6.45, 7) is 2.06. The minimum Gasteiger partial charge on any atom is -0.348 e. The molecule has 1 amide bonds. The lowest BCUT2D eigenvalue weighted by Crippen LogP contribution is -2.24. The number of aryl methyl sites for hydroxylation is 1. The first-order valence-corrected chi connectivity index (χ1v) is 6.63. The van der Waals surface area contributed by atoms with Gasteiger partial charge in [0.1, 0.15) is 11.6 Å². The summed E-state index contributed by atoms with van der Waals surface area (Å²) in [5, 5.41) is 2.68. The van der Waals surface area contributed by atoms with Crippen molar-refractivity contribution in [1.29, 1.82) is 0 Å². The van der Waals surface area contributed by atoms with Crippen molar-refractivity contribution in [3.8, 4) is 0 Å². The summed E-state index contributed by atoms with van der Waals surface area (Å²) in [4.78, 5) is 16.3. The number of anilines is 1. The molecule has 5 nitrogen and oxygen atoms in total. The summed E-state index contributed by atoms with van der Waals surface area (Å²) >= 11 is 0. The number of hydrogen-bond donors (Lipinski definition) is 3. The molecule has 0 atom stereocenters. The minimum absolute atomic E-state index is 0.126. The summed E-state index contributed by atoms with van der Waals surface area (Å²) in [5.41, 5.74) is 4.05. The highest BCUT2D eigenvalue weighted by atomic mass is 19.1. The fraction of sp³-hybridized carbons (Fsp3) is 0.200. The predicted molar refractivity (Wildman–Crippen MR) is 79.0 cm³/mol. The Morgan fingerprint density at radius 2 is 2.10 bits per heavy atom. The maximum absolute atomic E-state index is 13.5. The average Bonchev–Trinajstić information content (AvgIpc) is 2.53. The molecule has 0 unspecified atom stereocenters. The van der Waals surface area contributed by atoms with Crippen molar-refractivity contribution in [3.05, 3.63) is 59.0 Å². The molecule has 0 saturated carbocycles. The molecule has 110 valence electrons. The Morgan fingerprint density at radius 3 is 2.76 bits per heavy atom. The van der Waals surface area contributed by atoms with Crippen LogP contribution < -0.4 is 16.6 Å². The topological polar surface area (TPSA) is 80.0 Å². The zero-order valence-corrected chi connectivity index (χ0v) is 11.7. The molecule has 4 N–H and O–H groups in total. The van der Waals surface area contributed by atoms with Crippen molar-refractivity contribution in [2.75, 3.05) is 5.43 Å². The molecule has 0 aliphatic rings. The number of benzene rings is 1. The van der Waals surface area contributed by atoms with Crippen LogP contribution in [-0.4, -0.2) is 10.9 Å². The summed E-state index contributed by atoms with van der Waals surface area (Å²) in [7, 11) is 0.